The van der Waals surface area contributed by atoms with Crippen LogP contribution in [0.4, 0.5) is 5.82 Å². The number of aliphatic imine (C=N–C) groups is 1. The van der Waals surface area contributed by atoms with Crippen molar-refractivity contribution in [3.8, 4) is 5.75 Å². The molecule has 1 aliphatic rings. The highest BCUT2D eigenvalue weighted by Crippen LogP contribution is 2.33. The van der Waals surface area contributed by atoms with Gasteiger partial charge in [-0.05, 0) is 54.6 Å². The summed E-state index contributed by atoms with van der Waals surface area (Å²) in [5, 5.41) is 0.618. The zero-order valence-corrected chi connectivity index (χ0v) is 14.5. The molecule has 1 saturated heterocycles. The van der Waals surface area contributed by atoms with Crippen LogP contribution in [0.25, 0.3) is 6.08 Å². The third-order valence-electron chi connectivity index (χ3n) is 3.48. The number of benzene rings is 1. The standard InChI is InChI=1S/C18H17N3O2S/c1-12-6-4-9-16(19-12)20-18-21(2)17(22)15(24-18)11-13-7-5-8-14(10-13)23-3/h4-11H,1-3H3/b15-11-,20-18+. The highest BCUT2D eigenvalue weighted by molar-refractivity contribution is 8.18. The predicted molar refractivity (Wildman–Crippen MR) is 97.4 cm³/mol. The molecule has 5 nitrogen and oxygen atoms in total. The van der Waals surface area contributed by atoms with E-state index in [1.54, 1.807) is 19.1 Å². The smallest absolute Gasteiger partial charge is 0.266 e. The molecule has 0 atom stereocenters. The zero-order valence-electron chi connectivity index (χ0n) is 13.7. The number of aryl methyl sites for hydroxylation is 1. The van der Waals surface area contributed by atoms with E-state index >= 15 is 0 Å². The predicted octanol–water partition coefficient (Wildman–Crippen LogP) is 3.63. The molecule has 0 spiro atoms. The van der Waals surface area contributed by atoms with E-state index in [0.29, 0.717) is 15.9 Å². The van der Waals surface area contributed by atoms with Gasteiger partial charge in [-0.25, -0.2) is 9.98 Å². The first-order valence-electron chi connectivity index (χ1n) is 7.41. The van der Waals surface area contributed by atoms with Crippen LogP contribution in [0.3, 0.4) is 0 Å². The molecule has 0 bridgehead atoms. The first-order valence-corrected chi connectivity index (χ1v) is 8.22. The molecule has 6 heteroatoms. The Kier molecular flexibility index (Phi) is 4.66. The Morgan fingerprint density at radius 3 is 2.79 bits per heavy atom. The summed E-state index contributed by atoms with van der Waals surface area (Å²) in [6.45, 7) is 1.91. The summed E-state index contributed by atoms with van der Waals surface area (Å²) in [6, 6.07) is 13.2. The number of likely N-dealkylation sites (N-methyl/N-ethyl adjacent to an activating group) is 1. The third-order valence-corrected chi connectivity index (χ3v) is 4.54. The molecular weight excluding hydrogens is 322 g/mol. The van der Waals surface area contributed by atoms with Gasteiger partial charge in [-0.15, -0.1) is 0 Å². The molecule has 24 heavy (non-hydrogen) atoms. The van der Waals surface area contributed by atoms with Crippen LogP contribution in [0.5, 0.6) is 5.75 Å². The van der Waals surface area contributed by atoms with E-state index in [0.717, 1.165) is 17.0 Å². The van der Waals surface area contributed by atoms with Gasteiger partial charge in [-0.1, -0.05) is 18.2 Å². The Bertz CT molecular complexity index is 846. The van der Waals surface area contributed by atoms with Crippen molar-refractivity contribution in [2.45, 2.75) is 6.92 Å². The number of thioether (sulfide) groups is 1. The Morgan fingerprint density at radius 1 is 1.25 bits per heavy atom. The summed E-state index contributed by atoms with van der Waals surface area (Å²) in [4.78, 5) is 23.4. The largest absolute Gasteiger partial charge is 0.497 e. The molecule has 1 aromatic heterocycles. The van der Waals surface area contributed by atoms with Gasteiger partial charge in [0.15, 0.2) is 11.0 Å². The molecule has 0 N–H and O–H groups in total. The fraction of sp³-hybridized carbons (Fsp3) is 0.167. The summed E-state index contributed by atoms with van der Waals surface area (Å²) < 4.78 is 5.22. The molecular formula is C18H17N3O2S. The second kappa shape index (κ2) is 6.88. The maximum absolute atomic E-state index is 12.4. The fourth-order valence-corrected chi connectivity index (χ4v) is 3.20. The fourth-order valence-electron chi connectivity index (χ4n) is 2.22. The number of carbonyl (C=O) groups is 1. The number of hydrogen-bond acceptors (Lipinski definition) is 5. The second-order valence-electron chi connectivity index (χ2n) is 5.28. The number of aromatic nitrogens is 1. The van der Waals surface area contributed by atoms with Crippen molar-refractivity contribution in [1.29, 1.82) is 0 Å². The Hall–Kier alpha value is -2.60. The number of rotatable bonds is 3. The van der Waals surface area contributed by atoms with E-state index < -0.39 is 0 Å². The number of pyridine rings is 1. The normalized spacial score (nSPS) is 17.8. The minimum absolute atomic E-state index is 0.0748. The second-order valence-corrected chi connectivity index (χ2v) is 6.29. The van der Waals surface area contributed by atoms with E-state index in [2.05, 4.69) is 9.98 Å². The van der Waals surface area contributed by atoms with E-state index in [1.165, 1.54) is 11.8 Å². The summed E-state index contributed by atoms with van der Waals surface area (Å²) in [6.07, 6.45) is 1.85. The number of amides is 1. The van der Waals surface area contributed by atoms with Crippen molar-refractivity contribution in [2.24, 2.45) is 4.99 Å². The van der Waals surface area contributed by atoms with Crippen LogP contribution in [0.1, 0.15) is 11.3 Å². The highest BCUT2D eigenvalue weighted by Gasteiger charge is 2.30. The summed E-state index contributed by atoms with van der Waals surface area (Å²) in [5.74, 6) is 1.28. The van der Waals surface area contributed by atoms with Gasteiger partial charge in [0.25, 0.3) is 5.91 Å². The van der Waals surface area contributed by atoms with Gasteiger partial charge in [-0.2, -0.15) is 0 Å². The van der Waals surface area contributed by atoms with Gasteiger partial charge in [0.1, 0.15) is 5.75 Å². The lowest BCUT2D eigenvalue weighted by atomic mass is 10.2. The van der Waals surface area contributed by atoms with Crippen LogP contribution in [-0.4, -0.2) is 35.1 Å². The number of methoxy groups -OCH3 is 1. The van der Waals surface area contributed by atoms with Gasteiger partial charge in [0.05, 0.1) is 12.0 Å². The van der Waals surface area contributed by atoms with E-state index in [1.807, 2.05) is 55.5 Å². The number of nitrogens with zero attached hydrogens (tertiary/aromatic N) is 3. The Morgan fingerprint density at radius 2 is 2.04 bits per heavy atom. The number of carbonyl (C=O) groups excluding carboxylic acids is 1. The van der Waals surface area contributed by atoms with Crippen molar-refractivity contribution in [1.82, 2.24) is 9.88 Å². The van der Waals surface area contributed by atoms with Crippen LogP contribution in [0.15, 0.2) is 52.4 Å². The van der Waals surface area contributed by atoms with Gasteiger partial charge >= 0.3 is 0 Å². The first kappa shape index (κ1) is 16.3. The van der Waals surface area contributed by atoms with Crippen LogP contribution in [-0.2, 0) is 4.79 Å². The lowest BCUT2D eigenvalue weighted by Crippen LogP contribution is -2.23. The quantitative estimate of drug-likeness (QED) is 0.801. The first-order chi connectivity index (χ1) is 11.6. The van der Waals surface area contributed by atoms with E-state index in [9.17, 15) is 4.79 Å². The maximum Gasteiger partial charge on any atom is 0.266 e. The molecule has 1 aromatic carbocycles. The monoisotopic (exact) mass is 339 g/mol. The number of hydrogen-bond donors (Lipinski definition) is 0. The minimum atomic E-state index is -0.0748. The molecule has 1 amide bonds. The average molecular weight is 339 g/mol. The summed E-state index contributed by atoms with van der Waals surface area (Å²) in [5.41, 5.74) is 1.80. The van der Waals surface area contributed by atoms with Crippen molar-refractivity contribution in [3.63, 3.8) is 0 Å². The molecule has 3 rings (SSSR count). The van der Waals surface area contributed by atoms with E-state index in [-0.39, 0.29) is 5.91 Å². The SMILES string of the molecule is COc1cccc(/C=C2\S/C(=N/c3cccc(C)n3)N(C)C2=O)c1. The Balaban J connectivity index is 1.89. The van der Waals surface area contributed by atoms with E-state index in [4.69, 9.17) is 4.74 Å². The van der Waals surface area contributed by atoms with Crippen LogP contribution >= 0.6 is 11.8 Å². The molecule has 0 radical (unpaired) electrons. The van der Waals surface area contributed by atoms with Crippen molar-refractivity contribution in [3.05, 3.63) is 58.6 Å². The third kappa shape index (κ3) is 3.49. The molecule has 2 aromatic rings. The lowest BCUT2D eigenvalue weighted by Gasteiger charge is -2.06. The average Bonchev–Trinajstić information content (AvgIpc) is 2.83. The van der Waals surface area contributed by atoms with Gasteiger partial charge in [0.2, 0.25) is 0 Å². The van der Waals surface area contributed by atoms with Crippen LogP contribution in [0.2, 0.25) is 0 Å². The number of amidine groups is 1. The Labute approximate surface area is 145 Å². The molecule has 0 saturated carbocycles. The molecule has 122 valence electrons. The van der Waals surface area contributed by atoms with Crippen molar-refractivity contribution >= 4 is 34.7 Å². The zero-order chi connectivity index (χ0) is 17.1. The lowest BCUT2D eigenvalue weighted by molar-refractivity contribution is -0.121. The molecule has 2 heterocycles. The van der Waals surface area contributed by atoms with Gasteiger partial charge in [0, 0.05) is 12.7 Å². The maximum atomic E-state index is 12.4. The van der Waals surface area contributed by atoms with Gasteiger partial charge in [-0.3, -0.25) is 9.69 Å². The highest BCUT2D eigenvalue weighted by atomic mass is 32.2. The van der Waals surface area contributed by atoms with Gasteiger partial charge < -0.3 is 4.74 Å². The minimum Gasteiger partial charge on any atom is -0.497 e. The molecule has 1 aliphatic heterocycles. The topological polar surface area (TPSA) is 54.8 Å². The van der Waals surface area contributed by atoms with Crippen molar-refractivity contribution < 1.29 is 9.53 Å². The summed E-state index contributed by atoms with van der Waals surface area (Å²) in [7, 11) is 3.34. The van der Waals surface area contributed by atoms with Crippen LogP contribution < -0.4 is 4.74 Å². The van der Waals surface area contributed by atoms with Crippen LogP contribution in [0, 0.1) is 6.92 Å². The molecule has 0 unspecified atom stereocenters. The molecule has 0 aliphatic carbocycles. The van der Waals surface area contributed by atoms with Crippen molar-refractivity contribution in [2.75, 3.05) is 14.2 Å². The number of ether oxygens (including phenoxy) is 1. The molecule has 1 fully saturated rings. The summed E-state index contributed by atoms with van der Waals surface area (Å²) >= 11 is 1.34.